The number of piperidine rings is 1. The number of nitrogens with one attached hydrogen (secondary N) is 1. The van der Waals surface area contributed by atoms with Gasteiger partial charge in [0.15, 0.2) is 0 Å². The van der Waals surface area contributed by atoms with Crippen molar-refractivity contribution in [2.24, 2.45) is 7.05 Å². The van der Waals surface area contributed by atoms with E-state index in [2.05, 4.69) is 25.3 Å². The fourth-order valence-corrected chi connectivity index (χ4v) is 6.10. The first kappa shape index (κ1) is 23.9. The summed E-state index contributed by atoms with van der Waals surface area (Å²) in [6, 6.07) is 8.02. The summed E-state index contributed by atoms with van der Waals surface area (Å²) in [5.74, 6) is 2.28. The van der Waals surface area contributed by atoms with E-state index in [0.29, 0.717) is 43.6 Å². The second-order valence-corrected chi connectivity index (χ2v) is 11.0. The van der Waals surface area contributed by atoms with Gasteiger partial charge in [-0.15, -0.1) is 11.3 Å². The molecule has 11 heteroatoms. The van der Waals surface area contributed by atoms with Gasteiger partial charge in [-0.25, -0.2) is 14.8 Å². The second-order valence-electron chi connectivity index (χ2n) is 10.1. The molecule has 3 fully saturated rings. The van der Waals surface area contributed by atoms with Gasteiger partial charge in [-0.1, -0.05) is 6.07 Å². The molecule has 1 saturated carbocycles. The molecule has 0 spiro atoms. The van der Waals surface area contributed by atoms with Crippen LogP contribution in [0.1, 0.15) is 58.7 Å². The standard InChI is InChI=1S/C26H32N8O2S/c1-31-23(16-20(30-31)18-5-6-18)29-24(35)21-17-37-25(28-21)19-7-10-33(11-8-19)26(36)34-14-12-32(13-15-34)22-4-2-3-9-27-22/h2-4,9,16-19H,5-8,10-15H2,1H3,(H,29,35). The molecule has 0 unspecified atom stereocenters. The molecule has 0 aromatic carbocycles. The number of pyridine rings is 1. The second kappa shape index (κ2) is 10.1. The van der Waals surface area contributed by atoms with E-state index in [1.807, 2.05) is 46.5 Å². The highest BCUT2D eigenvalue weighted by Crippen LogP contribution is 2.40. The number of aromatic nitrogens is 4. The van der Waals surface area contributed by atoms with Crippen LogP contribution < -0.4 is 10.2 Å². The quantitative estimate of drug-likeness (QED) is 0.553. The molecule has 0 radical (unpaired) electrons. The van der Waals surface area contributed by atoms with Crippen molar-refractivity contribution in [2.45, 2.75) is 37.5 Å². The molecule has 3 amide bonds. The van der Waals surface area contributed by atoms with E-state index in [1.165, 1.54) is 24.2 Å². The van der Waals surface area contributed by atoms with Crippen LogP contribution in [0.4, 0.5) is 16.4 Å². The van der Waals surface area contributed by atoms with Crippen molar-refractivity contribution >= 4 is 34.9 Å². The maximum absolute atomic E-state index is 13.1. The number of amides is 3. The van der Waals surface area contributed by atoms with Crippen LogP contribution in [0.3, 0.4) is 0 Å². The number of piperazine rings is 1. The third kappa shape index (κ3) is 5.18. The number of hydrogen-bond acceptors (Lipinski definition) is 7. The number of carbonyl (C=O) groups excluding carboxylic acids is 2. The molecule has 0 atom stereocenters. The van der Waals surface area contributed by atoms with E-state index in [4.69, 9.17) is 0 Å². The molecule has 1 aliphatic carbocycles. The number of carbonyl (C=O) groups is 2. The van der Waals surface area contributed by atoms with Crippen molar-refractivity contribution in [3.63, 3.8) is 0 Å². The third-order valence-electron chi connectivity index (χ3n) is 7.53. The summed E-state index contributed by atoms with van der Waals surface area (Å²) in [6.45, 7) is 4.43. The van der Waals surface area contributed by atoms with Gasteiger partial charge in [-0.2, -0.15) is 5.10 Å². The fourth-order valence-electron chi connectivity index (χ4n) is 5.13. The summed E-state index contributed by atoms with van der Waals surface area (Å²) in [4.78, 5) is 41.2. The van der Waals surface area contributed by atoms with Gasteiger partial charge in [-0.3, -0.25) is 9.48 Å². The lowest BCUT2D eigenvalue weighted by Crippen LogP contribution is -2.54. The molecule has 10 nitrogen and oxygen atoms in total. The maximum atomic E-state index is 13.1. The lowest BCUT2D eigenvalue weighted by atomic mass is 9.98. The number of anilines is 2. The van der Waals surface area contributed by atoms with Gasteiger partial charge in [0, 0.05) is 75.8 Å². The minimum Gasteiger partial charge on any atom is -0.353 e. The zero-order valence-corrected chi connectivity index (χ0v) is 21.9. The van der Waals surface area contributed by atoms with Crippen LogP contribution in [0.15, 0.2) is 35.8 Å². The average Bonchev–Trinajstić information content (AvgIpc) is 3.56. The Hall–Kier alpha value is -3.47. The average molecular weight is 521 g/mol. The molecule has 0 bridgehead atoms. The van der Waals surface area contributed by atoms with E-state index in [1.54, 1.807) is 10.9 Å². The Bertz CT molecular complexity index is 1250. The van der Waals surface area contributed by atoms with E-state index in [-0.39, 0.29) is 17.9 Å². The predicted molar refractivity (Wildman–Crippen MR) is 142 cm³/mol. The van der Waals surface area contributed by atoms with Gasteiger partial charge in [0.1, 0.15) is 17.3 Å². The number of aryl methyl sites for hydroxylation is 1. The molecule has 194 valence electrons. The monoisotopic (exact) mass is 520 g/mol. The lowest BCUT2D eigenvalue weighted by Gasteiger charge is -2.39. The van der Waals surface area contributed by atoms with Crippen molar-refractivity contribution < 1.29 is 9.59 Å². The van der Waals surface area contributed by atoms with Gasteiger partial charge in [-0.05, 0) is 37.8 Å². The summed E-state index contributed by atoms with van der Waals surface area (Å²) in [5.41, 5.74) is 1.49. The topological polar surface area (TPSA) is 99.5 Å². The Morgan fingerprint density at radius 3 is 2.43 bits per heavy atom. The first-order valence-electron chi connectivity index (χ1n) is 13.1. The third-order valence-corrected chi connectivity index (χ3v) is 8.54. The van der Waals surface area contributed by atoms with E-state index in [9.17, 15) is 9.59 Å². The first-order valence-corrected chi connectivity index (χ1v) is 13.9. The van der Waals surface area contributed by atoms with E-state index in [0.717, 1.165) is 42.5 Å². The van der Waals surface area contributed by atoms with Crippen molar-refractivity contribution in [1.82, 2.24) is 29.5 Å². The number of thiazole rings is 1. The number of urea groups is 1. The predicted octanol–water partition coefficient (Wildman–Crippen LogP) is 3.52. The fraction of sp³-hybridized carbons (Fsp3) is 0.500. The van der Waals surface area contributed by atoms with Gasteiger partial charge < -0.3 is 20.0 Å². The smallest absolute Gasteiger partial charge is 0.320 e. The zero-order chi connectivity index (χ0) is 25.4. The summed E-state index contributed by atoms with van der Waals surface area (Å²) >= 11 is 1.54. The molecule has 3 aromatic heterocycles. The Balaban J connectivity index is 0.993. The van der Waals surface area contributed by atoms with Crippen LogP contribution in [-0.2, 0) is 7.05 Å². The summed E-state index contributed by atoms with van der Waals surface area (Å²) in [6.07, 6.45) is 5.88. The highest BCUT2D eigenvalue weighted by Gasteiger charge is 2.31. The van der Waals surface area contributed by atoms with E-state index >= 15 is 0 Å². The van der Waals surface area contributed by atoms with Crippen LogP contribution in [0, 0.1) is 0 Å². The molecule has 2 aliphatic heterocycles. The van der Waals surface area contributed by atoms with Gasteiger partial charge in [0.05, 0.1) is 10.7 Å². The highest BCUT2D eigenvalue weighted by molar-refractivity contribution is 7.10. The Morgan fingerprint density at radius 1 is 0.973 bits per heavy atom. The molecule has 1 N–H and O–H groups in total. The minimum absolute atomic E-state index is 0.125. The first-order chi connectivity index (χ1) is 18.0. The summed E-state index contributed by atoms with van der Waals surface area (Å²) < 4.78 is 1.73. The maximum Gasteiger partial charge on any atom is 0.320 e. The molecule has 3 aliphatic rings. The van der Waals surface area contributed by atoms with Crippen molar-refractivity contribution in [2.75, 3.05) is 49.5 Å². The molecule has 2 saturated heterocycles. The van der Waals surface area contributed by atoms with Crippen LogP contribution in [0.2, 0.25) is 0 Å². The van der Waals surface area contributed by atoms with Crippen molar-refractivity contribution in [1.29, 1.82) is 0 Å². The van der Waals surface area contributed by atoms with Gasteiger partial charge >= 0.3 is 6.03 Å². The number of hydrogen-bond donors (Lipinski definition) is 1. The van der Waals surface area contributed by atoms with Crippen LogP contribution in [-0.4, -0.2) is 80.8 Å². The number of likely N-dealkylation sites (tertiary alicyclic amines) is 1. The molecular weight excluding hydrogens is 488 g/mol. The summed E-state index contributed by atoms with van der Waals surface area (Å²) in [5, 5.41) is 10.3. The van der Waals surface area contributed by atoms with Crippen molar-refractivity contribution in [3.05, 3.63) is 52.2 Å². The number of nitrogens with zero attached hydrogens (tertiary/aromatic N) is 7. The Morgan fingerprint density at radius 2 is 1.73 bits per heavy atom. The number of rotatable bonds is 5. The molecule has 37 heavy (non-hydrogen) atoms. The van der Waals surface area contributed by atoms with E-state index < -0.39 is 0 Å². The normalized spacial score (nSPS) is 18.8. The molecular formula is C26H32N8O2S. The van der Waals surface area contributed by atoms with Crippen molar-refractivity contribution in [3.8, 4) is 0 Å². The van der Waals surface area contributed by atoms with Crippen LogP contribution >= 0.6 is 11.3 Å². The highest BCUT2D eigenvalue weighted by atomic mass is 32.1. The largest absolute Gasteiger partial charge is 0.353 e. The minimum atomic E-state index is -0.203. The molecule has 3 aromatic rings. The van der Waals surface area contributed by atoms with Crippen LogP contribution in [0.5, 0.6) is 0 Å². The van der Waals surface area contributed by atoms with Gasteiger partial charge in [0.2, 0.25) is 0 Å². The SMILES string of the molecule is Cn1nc(C2CC2)cc1NC(=O)c1csc(C2CCN(C(=O)N3CCN(c4ccccn4)CC3)CC2)n1. The molecule has 5 heterocycles. The Labute approximate surface area is 220 Å². The van der Waals surface area contributed by atoms with Crippen LogP contribution in [0.25, 0.3) is 0 Å². The Kier molecular flexibility index (Phi) is 6.54. The zero-order valence-electron chi connectivity index (χ0n) is 21.0. The summed E-state index contributed by atoms with van der Waals surface area (Å²) in [7, 11) is 1.85. The van der Waals surface area contributed by atoms with Gasteiger partial charge in [0.25, 0.3) is 5.91 Å². The lowest BCUT2D eigenvalue weighted by molar-refractivity contribution is 0.102. The molecule has 6 rings (SSSR count).